The number of tetrazole rings is 1. The second-order valence-electron chi connectivity index (χ2n) is 10.7. The molecule has 1 fully saturated rings. The van der Waals surface area contributed by atoms with Gasteiger partial charge in [0.2, 0.25) is 5.82 Å². The van der Waals surface area contributed by atoms with Gasteiger partial charge in [-0.3, -0.25) is 14.1 Å². The lowest BCUT2D eigenvalue weighted by Crippen LogP contribution is -2.34. The number of H-pyrrole nitrogens is 1. The third-order valence-corrected chi connectivity index (χ3v) is 8.24. The van der Waals surface area contributed by atoms with Crippen molar-refractivity contribution in [2.45, 2.75) is 84.7 Å². The Hall–Kier alpha value is -3.55. The number of hydrogen-bond donors (Lipinski definition) is 1. The summed E-state index contributed by atoms with van der Waals surface area (Å²) < 4.78 is 4.06. The summed E-state index contributed by atoms with van der Waals surface area (Å²) in [6.07, 6.45) is 13.2. The highest BCUT2D eigenvalue weighted by molar-refractivity contribution is 5.79. The molecule has 0 amide bonds. The third-order valence-electron chi connectivity index (χ3n) is 8.24. The van der Waals surface area contributed by atoms with Crippen molar-refractivity contribution in [3.05, 3.63) is 70.7 Å². The normalized spacial score (nSPS) is 19.9. The zero-order valence-corrected chi connectivity index (χ0v) is 22.8. The Labute approximate surface area is 224 Å². The number of aryl methyl sites for hydroxylation is 1. The van der Waals surface area contributed by atoms with E-state index in [2.05, 4.69) is 58.2 Å². The first-order valence-electron chi connectivity index (χ1n) is 14.2. The largest absolute Gasteiger partial charge is 0.328 e. The highest BCUT2D eigenvalue weighted by Crippen LogP contribution is 2.38. The molecule has 1 aliphatic rings. The number of imidazole rings is 1. The molecule has 5 rings (SSSR count). The summed E-state index contributed by atoms with van der Waals surface area (Å²) in [7, 11) is 0. The van der Waals surface area contributed by atoms with Crippen LogP contribution in [-0.4, -0.2) is 34.7 Å². The second-order valence-corrected chi connectivity index (χ2v) is 10.7. The number of aromatic amines is 1. The topological polar surface area (TPSA) is 94.3 Å². The maximum absolute atomic E-state index is 13.9. The fourth-order valence-electron chi connectivity index (χ4n) is 6.16. The molecule has 0 bridgehead atoms. The average molecular weight is 514 g/mol. The minimum atomic E-state index is 0.113. The van der Waals surface area contributed by atoms with Gasteiger partial charge in [-0.15, -0.1) is 10.2 Å². The zero-order valence-electron chi connectivity index (χ0n) is 22.8. The van der Waals surface area contributed by atoms with Gasteiger partial charge in [0.25, 0.3) is 0 Å². The van der Waals surface area contributed by atoms with Crippen LogP contribution in [0.1, 0.15) is 83.1 Å². The molecule has 0 spiro atoms. The predicted molar refractivity (Wildman–Crippen MR) is 150 cm³/mol. The van der Waals surface area contributed by atoms with E-state index in [0.717, 1.165) is 53.8 Å². The Morgan fingerprint density at radius 1 is 1.05 bits per heavy atom. The highest BCUT2D eigenvalue weighted by atomic mass is 16.1. The number of aromatic nitrogens is 7. The first kappa shape index (κ1) is 26.1. The van der Waals surface area contributed by atoms with Gasteiger partial charge in [0.1, 0.15) is 0 Å². The Morgan fingerprint density at radius 3 is 2.58 bits per heavy atom. The van der Waals surface area contributed by atoms with E-state index in [1.807, 2.05) is 41.1 Å². The van der Waals surface area contributed by atoms with E-state index in [0.29, 0.717) is 24.2 Å². The van der Waals surface area contributed by atoms with Crippen molar-refractivity contribution in [3.63, 3.8) is 0 Å². The van der Waals surface area contributed by atoms with E-state index in [1.165, 1.54) is 25.7 Å². The molecule has 38 heavy (non-hydrogen) atoms. The quantitative estimate of drug-likeness (QED) is 0.275. The van der Waals surface area contributed by atoms with Crippen LogP contribution in [0.3, 0.4) is 0 Å². The molecule has 3 unspecified atom stereocenters. The van der Waals surface area contributed by atoms with Crippen LogP contribution in [-0.2, 0) is 13.0 Å². The van der Waals surface area contributed by atoms with Gasteiger partial charge in [0, 0.05) is 35.3 Å². The van der Waals surface area contributed by atoms with Gasteiger partial charge in [0.15, 0.2) is 0 Å². The fraction of sp³-hybridized carbons (Fsp3) is 0.500. The summed E-state index contributed by atoms with van der Waals surface area (Å²) in [4.78, 5) is 18.7. The minimum Gasteiger partial charge on any atom is -0.295 e. The van der Waals surface area contributed by atoms with Crippen LogP contribution in [0.25, 0.3) is 22.5 Å². The molecule has 3 atom stereocenters. The average Bonchev–Trinajstić information content (AvgIpc) is 3.54. The van der Waals surface area contributed by atoms with Crippen molar-refractivity contribution in [1.29, 1.82) is 0 Å². The SMILES string of the molecule is CCCCc1cn(C2C(C)CCCCC2CC)c(=O)n1Cc1ccc(-c2ccccc2-c2nn[nH]n2)cn1. The number of rotatable bonds is 9. The number of hydrogen-bond acceptors (Lipinski definition) is 5. The van der Waals surface area contributed by atoms with E-state index in [4.69, 9.17) is 4.98 Å². The maximum atomic E-state index is 13.9. The highest BCUT2D eigenvalue weighted by Gasteiger charge is 2.31. The van der Waals surface area contributed by atoms with Gasteiger partial charge in [0.05, 0.1) is 12.2 Å². The predicted octanol–water partition coefficient (Wildman–Crippen LogP) is 6.06. The number of nitrogens with zero attached hydrogens (tertiary/aromatic N) is 6. The summed E-state index contributed by atoms with van der Waals surface area (Å²) in [6.45, 7) is 7.29. The van der Waals surface area contributed by atoms with Crippen LogP contribution in [0.15, 0.2) is 53.6 Å². The van der Waals surface area contributed by atoms with E-state index in [9.17, 15) is 4.79 Å². The second kappa shape index (κ2) is 11.9. The molecular formula is C30H39N7O. The summed E-state index contributed by atoms with van der Waals surface area (Å²) in [5.74, 6) is 1.61. The number of pyridine rings is 1. The van der Waals surface area contributed by atoms with Crippen molar-refractivity contribution in [2.24, 2.45) is 11.8 Å². The third kappa shape index (κ3) is 5.35. The lowest BCUT2D eigenvalue weighted by Gasteiger charge is -2.29. The number of benzene rings is 1. The van der Waals surface area contributed by atoms with Gasteiger partial charge in [-0.1, -0.05) is 76.8 Å². The van der Waals surface area contributed by atoms with Crippen LogP contribution in [0, 0.1) is 11.8 Å². The van der Waals surface area contributed by atoms with Gasteiger partial charge in [-0.25, -0.2) is 4.79 Å². The van der Waals surface area contributed by atoms with E-state index < -0.39 is 0 Å². The fourth-order valence-corrected chi connectivity index (χ4v) is 6.16. The molecule has 0 saturated heterocycles. The van der Waals surface area contributed by atoms with Crippen LogP contribution in [0.2, 0.25) is 0 Å². The molecule has 1 N–H and O–H groups in total. The van der Waals surface area contributed by atoms with Crippen molar-refractivity contribution >= 4 is 0 Å². The molecule has 3 aromatic heterocycles. The zero-order chi connectivity index (χ0) is 26.5. The van der Waals surface area contributed by atoms with Crippen molar-refractivity contribution in [1.82, 2.24) is 34.7 Å². The Kier molecular flexibility index (Phi) is 8.15. The molecule has 1 aromatic carbocycles. The van der Waals surface area contributed by atoms with Crippen molar-refractivity contribution < 1.29 is 0 Å². The van der Waals surface area contributed by atoms with Crippen molar-refractivity contribution in [3.8, 4) is 22.5 Å². The molecule has 0 aliphatic heterocycles. The van der Waals surface area contributed by atoms with Gasteiger partial charge in [-0.2, -0.15) is 5.21 Å². The van der Waals surface area contributed by atoms with E-state index >= 15 is 0 Å². The lowest BCUT2D eigenvalue weighted by molar-refractivity contribution is 0.232. The van der Waals surface area contributed by atoms with Crippen LogP contribution in [0.4, 0.5) is 0 Å². The minimum absolute atomic E-state index is 0.113. The summed E-state index contributed by atoms with van der Waals surface area (Å²) in [6, 6.07) is 12.3. The molecule has 8 heteroatoms. The molecular weight excluding hydrogens is 474 g/mol. The molecule has 1 aliphatic carbocycles. The first-order chi connectivity index (χ1) is 18.6. The summed E-state index contributed by atoms with van der Waals surface area (Å²) in [5.41, 5.74) is 4.98. The molecule has 8 nitrogen and oxygen atoms in total. The van der Waals surface area contributed by atoms with E-state index in [-0.39, 0.29) is 11.7 Å². The smallest absolute Gasteiger partial charge is 0.295 e. The van der Waals surface area contributed by atoms with Gasteiger partial charge >= 0.3 is 5.69 Å². The number of nitrogens with one attached hydrogen (secondary N) is 1. The molecule has 3 heterocycles. The monoisotopic (exact) mass is 513 g/mol. The van der Waals surface area contributed by atoms with Crippen molar-refractivity contribution in [2.75, 3.05) is 0 Å². The Bertz CT molecular complexity index is 1370. The Balaban J connectivity index is 1.46. The maximum Gasteiger partial charge on any atom is 0.328 e. The van der Waals surface area contributed by atoms with Gasteiger partial charge < -0.3 is 0 Å². The standard InChI is InChI=1S/C30H39N7O/c1-4-6-13-25-20-37(28-21(3)11-7-8-12-22(28)5-2)30(38)36(25)19-24-17-16-23(18-31-24)26-14-9-10-15-27(26)29-32-34-35-33-29/h9-10,14-18,20-22,28H,4-8,11-13,19H2,1-3H3,(H,32,33,34,35). The van der Waals surface area contributed by atoms with Crippen LogP contribution < -0.4 is 5.69 Å². The Morgan fingerprint density at radius 2 is 1.87 bits per heavy atom. The van der Waals surface area contributed by atoms with Crippen LogP contribution >= 0.6 is 0 Å². The van der Waals surface area contributed by atoms with Crippen LogP contribution in [0.5, 0.6) is 0 Å². The van der Waals surface area contributed by atoms with E-state index in [1.54, 1.807) is 0 Å². The molecule has 4 aromatic rings. The lowest BCUT2D eigenvalue weighted by atomic mass is 9.86. The van der Waals surface area contributed by atoms with Gasteiger partial charge in [-0.05, 0) is 54.4 Å². The molecule has 0 radical (unpaired) electrons. The first-order valence-corrected chi connectivity index (χ1v) is 14.2. The summed E-state index contributed by atoms with van der Waals surface area (Å²) in [5, 5.41) is 14.5. The molecule has 1 saturated carbocycles. The summed E-state index contributed by atoms with van der Waals surface area (Å²) >= 11 is 0. The molecule has 200 valence electrons. The number of unbranched alkanes of at least 4 members (excludes halogenated alkanes) is 1.